The Balaban J connectivity index is 1.80. The van der Waals surface area contributed by atoms with Gasteiger partial charge in [0.1, 0.15) is 16.7 Å². The minimum atomic E-state index is -0.456. The van der Waals surface area contributed by atoms with Gasteiger partial charge < -0.3 is 8.83 Å². The van der Waals surface area contributed by atoms with Gasteiger partial charge in [-0.3, -0.25) is 0 Å². The third-order valence-corrected chi connectivity index (χ3v) is 6.77. The summed E-state index contributed by atoms with van der Waals surface area (Å²) in [6.07, 6.45) is 1.52. The van der Waals surface area contributed by atoms with Gasteiger partial charge in [0.15, 0.2) is 0 Å². The van der Waals surface area contributed by atoms with E-state index in [0.29, 0.717) is 44.2 Å². The van der Waals surface area contributed by atoms with E-state index in [0.717, 1.165) is 5.39 Å². The van der Waals surface area contributed by atoms with Crippen LogP contribution in [-0.2, 0) is 0 Å². The average molecular weight is 469 g/mol. The molecule has 0 unspecified atom stereocenters. The molecule has 0 N–H and O–H groups in total. The van der Waals surface area contributed by atoms with Gasteiger partial charge in [-0.2, -0.15) is 0 Å². The van der Waals surface area contributed by atoms with Crippen molar-refractivity contribution in [3.8, 4) is 22.3 Å². The first kappa shape index (κ1) is 13.3. The quantitative estimate of drug-likeness (QED) is 0.236. The molecule has 2 aromatic heterocycles. The van der Waals surface area contributed by atoms with E-state index in [2.05, 4.69) is 0 Å². The van der Waals surface area contributed by atoms with Gasteiger partial charge in [0, 0.05) is 27.3 Å². The highest BCUT2D eigenvalue weighted by molar-refractivity contribution is 6.29. The standard InChI is InChI=1S/C34H20O2/c1-2-10-21(11-3-1)30-23-12-4-6-14-25(23)31(26-15-7-5-13-24(26)30)33-32-27-16-8-9-17-28(27)36-29(32)20-22-18-19-35-34(22)33/h1-20H/i4D,5D,6D,7D,12D,13D,14D,15D. The number of rotatable bonds is 2. The Bertz CT molecular complexity index is 2450. The van der Waals surface area contributed by atoms with Crippen molar-refractivity contribution in [2.45, 2.75) is 0 Å². The lowest BCUT2D eigenvalue weighted by atomic mass is 9.84. The molecule has 0 spiro atoms. The molecule has 36 heavy (non-hydrogen) atoms. The molecular formula is C34H20O2. The summed E-state index contributed by atoms with van der Waals surface area (Å²) in [6, 6.07) is 16.9. The van der Waals surface area contributed by atoms with E-state index in [-0.39, 0.29) is 51.3 Å². The van der Waals surface area contributed by atoms with Crippen molar-refractivity contribution in [3.63, 3.8) is 0 Å². The lowest BCUT2D eigenvalue weighted by molar-refractivity contribution is 0.617. The number of para-hydroxylation sites is 1. The van der Waals surface area contributed by atoms with Crippen LogP contribution in [0, 0.1) is 0 Å². The van der Waals surface area contributed by atoms with Gasteiger partial charge in [0.05, 0.1) is 17.2 Å². The molecule has 0 atom stereocenters. The Morgan fingerprint density at radius 2 is 1.19 bits per heavy atom. The number of hydrogen-bond donors (Lipinski definition) is 0. The van der Waals surface area contributed by atoms with Gasteiger partial charge in [0.25, 0.3) is 0 Å². The molecule has 0 aliphatic carbocycles. The predicted octanol–water partition coefficient (Wildman–Crippen LogP) is 9.97. The molecule has 8 aromatic rings. The number of fused-ring (bicyclic) bond motifs is 6. The first-order valence-electron chi connectivity index (χ1n) is 15.5. The summed E-state index contributed by atoms with van der Waals surface area (Å²) in [5.74, 6) is 0. The highest BCUT2D eigenvalue weighted by atomic mass is 16.3. The molecule has 0 bridgehead atoms. The Hall–Kier alpha value is -4.82. The van der Waals surface area contributed by atoms with Crippen LogP contribution >= 0.6 is 0 Å². The van der Waals surface area contributed by atoms with Crippen molar-refractivity contribution >= 4 is 54.5 Å². The van der Waals surface area contributed by atoms with Crippen molar-refractivity contribution in [2.24, 2.45) is 0 Å². The highest BCUT2D eigenvalue weighted by Gasteiger charge is 2.23. The second-order valence-corrected chi connectivity index (χ2v) is 8.68. The highest BCUT2D eigenvalue weighted by Crippen LogP contribution is 2.49. The van der Waals surface area contributed by atoms with Gasteiger partial charge in [-0.05, 0) is 50.9 Å². The van der Waals surface area contributed by atoms with E-state index in [1.807, 2.05) is 36.4 Å². The SMILES string of the molecule is [2H]c1c([2H])c([2H])c2c(-c3c4occc4cc4oc5ccccc5c34)c3c([2H])c([2H])c([2H])c([2H])c3c(-c3ccccc3)c2c1[2H]. The summed E-state index contributed by atoms with van der Waals surface area (Å²) in [4.78, 5) is 0. The van der Waals surface area contributed by atoms with Crippen LogP contribution in [0.5, 0.6) is 0 Å². The molecule has 0 aliphatic rings. The van der Waals surface area contributed by atoms with Crippen LogP contribution < -0.4 is 0 Å². The second-order valence-electron chi connectivity index (χ2n) is 8.68. The molecule has 0 radical (unpaired) electrons. The zero-order valence-electron chi connectivity index (χ0n) is 26.7. The van der Waals surface area contributed by atoms with Crippen molar-refractivity contribution < 1.29 is 19.8 Å². The summed E-state index contributed by atoms with van der Waals surface area (Å²) in [5.41, 5.74) is 3.01. The lowest BCUT2D eigenvalue weighted by Crippen LogP contribution is -1.91. The summed E-state index contributed by atoms with van der Waals surface area (Å²) < 4.78 is 83.7. The molecular weight excluding hydrogens is 440 g/mol. The van der Waals surface area contributed by atoms with E-state index < -0.39 is 24.2 Å². The molecule has 8 rings (SSSR count). The molecule has 0 saturated carbocycles. The zero-order chi connectivity index (χ0) is 30.6. The lowest BCUT2D eigenvalue weighted by Gasteiger charge is -2.18. The van der Waals surface area contributed by atoms with Crippen molar-refractivity contribution in [3.05, 3.63) is 121 Å². The molecule has 0 fully saturated rings. The van der Waals surface area contributed by atoms with Gasteiger partial charge in [-0.1, -0.05) is 96.9 Å². The molecule has 2 heteroatoms. The number of hydrogen-bond acceptors (Lipinski definition) is 2. The monoisotopic (exact) mass is 468 g/mol. The van der Waals surface area contributed by atoms with E-state index in [9.17, 15) is 2.74 Å². The topological polar surface area (TPSA) is 26.3 Å². The number of benzene rings is 6. The van der Waals surface area contributed by atoms with E-state index >= 15 is 0 Å². The minimum absolute atomic E-state index is 0.128. The van der Waals surface area contributed by atoms with Crippen LogP contribution in [0.4, 0.5) is 0 Å². The van der Waals surface area contributed by atoms with Gasteiger partial charge in [-0.15, -0.1) is 0 Å². The maximum Gasteiger partial charge on any atom is 0.142 e. The third kappa shape index (κ3) is 2.61. The molecule has 2 nitrogen and oxygen atoms in total. The molecule has 0 amide bonds. The van der Waals surface area contributed by atoms with Crippen molar-refractivity contribution in [2.75, 3.05) is 0 Å². The normalized spacial score (nSPS) is 15.0. The first-order chi connectivity index (χ1) is 21.2. The summed E-state index contributed by atoms with van der Waals surface area (Å²) >= 11 is 0. The average Bonchev–Trinajstić information content (AvgIpc) is 3.66. The smallest absolute Gasteiger partial charge is 0.142 e. The maximum atomic E-state index is 9.24. The second kappa shape index (κ2) is 7.34. The molecule has 0 saturated heterocycles. The van der Waals surface area contributed by atoms with Gasteiger partial charge in [0.2, 0.25) is 0 Å². The van der Waals surface area contributed by atoms with E-state index in [4.69, 9.17) is 17.1 Å². The van der Waals surface area contributed by atoms with Crippen LogP contribution in [-0.4, -0.2) is 0 Å². The molecule has 6 aromatic carbocycles. The van der Waals surface area contributed by atoms with Crippen molar-refractivity contribution in [1.82, 2.24) is 0 Å². The third-order valence-electron chi connectivity index (χ3n) is 6.77. The fraction of sp³-hybridized carbons (Fsp3) is 0. The molecule has 0 aliphatic heterocycles. The van der Waals surface area contributed by atoms with Gasteiger partial charge in [-0.25, -0.2) is 0 Å². The van der Waals surface area contributed by atoms with Crippen LogP contribution in [0.2, 0.25) is 0 Å². The molecule has 2 heterocycles. The first-order valence-corrected chi connectivity index (χ1v) is 11.5. The van der Waals surface area contributed by atoms with Crippen molar-refractivity contribution in [1.29, 1.82) is 0 Å². The zero-order valence-corrected chi connectivity index (χ0v) is 18.7. The fourth-order valence-electron chi connectivity index (χ4n) is 5.32. The summed E-state index contributed by atoms with van der Waals surface area (Å²) in [7, 11) is 0. The Morgan fingerprint density at radius 3 is 1.92 bits per heavy atom. The maximum absolute atomic E-state index is 9.24. The van der Waals surface area contributed by atoms with Crippen LogP contribution in [0.1, 0.15) is 11.0 Å². The molecule has 168 valence electrons. The Labute approximate surface area is 218 Å². The Kier molecular flexibility index (Phi) is 2.71. The summed E-state index contributed by atoms with van der Waals surface area (Å²) in [5, 5.41) is 2.56. The number of furan rings is 2. The van der Waals surface area contributed by atoms with Crippen LogP contribution in [0.15, 0.2) is 130 Å². The summed E-state index contributed by atoms with van der Waals surface area (Å²) in [6.45, 7) is 0. The van der Waals surface area contributed by atoms with Gasteiger partial charge >= 0.3 is 0 Å². The predicted molar refractivity (Wildman–Crippen MR) is 149 cm³/mol. The van der Waals surface area contributed by atoms with E-state index in [1.165, 1.54) is 6.26 Å². The largest absolute Gasteiger partial charge is 0.464 e. The Morgan fingerprint density at radius 1 is 0.556 bits per heavy atom. The minimum Gasteiger partial charge on any atom is -0.464 e. The van der Waals surface area contributed by atoms with Crippen LogP contribution in [0.25, 0.3) is 76.7 Å². The van der Waals surface area contributed by atoms with Crippen LogP contribution in [0.3, 0.4) is 0 Å². The fourth-order valence-corrected chi connectivity index (χ4v) is 5.32. The van der Waals surface area contributed by atoms with E-state index in [1.54, 1.807) is 30.3 Å².